The zero-order chi connectivity index (χ0) is 14.0. The van der Waals surface area contributed by atoms with Crippen molar-refractivity contribution in [2.24, 2.45) is 0 Å². The molecule has 1 heterocycles. The van der Waals surface area contributed by atoms with Gasteiger partial charge in [0, 0.05) is 6.54 Å². The molecule has 0 amide bonds. The Morgan fingerprint density at radius 3 is 2.95 bits per heavy atom. The molecule has 1 aliphatic heterocycles. The van der Waals surface area contributed by atoms with Gasteiger partial charge in [-0.2, -0.15) is 5.26 Å². The largest absolute Gasteiger partial charge is 0.479 e. The van der Waals surface area contributed by atoms with Gasteiger partial charge in [0.25, 0.3) is 0 Å². The van der Waals surface area contributed by atoms with Crippen LogP contribution in [0, 0.1) is 17.1 Å². The van der Waals surface area contributed by atoms with Crippen LogP contribution in [0.3, 0.4) is 0 Å². The summed E-state index contributed by atoms with van der Waals surface area (Å²) in [6, 6.07) is 5.84. The van der Waals surface area contributed by atoms with Gasteiger partial charge in [-0.25, -0.2) is 9.18 Å². The van der Waals surface area contributed by atoms with E-state index in [1.807, 2.05) is 13.0 Å². The molecule has 0 bridgehead atoms. The maximum atomic E-state index is 13.2. The van der Waals surface area contributed by atoms with Crippen LogP contribution in [-0.4, -0.2) is 23.2 Å². The third kappa shape index (κ3) is 2.03. The van der Waals surface area contributed by atoms with E-state index in [2.05, 4.69) is 0 Å². The highest BCUT2D eigenvalue weighted by Gasteiger charge is 2.46. The number of carboxylic acid groups (broad SMARTS) is 1. The summed E-state index contributed by atoms with van der Waals surface area (Å²) in [6.07, 6.45) is 1.74. The second-order valence-electron chi connectivity index (χ2n) is 4.72. The van der Waals surface area contributed by atoms with Crippen LogP contribution >= 0.6 is 0 Å². The minimum atomic E-state index is -0.983. The molecule has 0 spiro atoms. The van der Waals surface area contributed by atoms with Crippen LogP contribution in [-0.2, 0) is 4.79 Å². The molecule has 1 atom stereocenters. The van der Waals surface area contributed by atoms with Crippen molar-refractivity contribution in [3.63, 3.8) is 0 Å². The number of aliphatic carboxylic acids is 1. The lowest BCUT2D eigenvalue weighted by molar-refractivity contribution is -0.143. The Hall–Kier alpha value is -2.09. The molecule has 4 nitrogen and oxygen atoms in total. The number of nitriles is 1. The van der Waals surface area contributed by atoms with Crippen molar-refractivity contribution in [3.05, 3.63) is 29.6 Å². The zero-order valence-corrected chi connectivity index (χ0v) is 10.7. The summed E-state index contributed by atoms with van der Waals surface area (Å²) in [5.41, 5.74) is -0.296. The topological polar surface area (TPSA) is 64.3 Å². The van der Waals surface area contributed by atoms with Gasteiger partial charge in [-0.05, 0) is 37.5 Å². The molecule has 5 heteroatoms. The summed E-state index contributed by atoms with van der Waals surface area (Å²) in [4.78, 5) is 13.3. The van der Waals surface area contributed by atoms with Crippen molar-refractivity contribution in [1.29, 1.82) is 5.26 Å². The van der Waals surface area contributed by atoms with E-state index < -0.39 is 17.3 Å². The molecule has 1 aromatic rings. The van der Waals surface area contributed by atoms with Crippen molar-refractivity contribution >= 4 is 11.7 Å². The number of rotatable bonds is 3. The van der Waals surface area contributed by atoms with Gasteiger partial charge in [0.1, 0.15) is 17.4 Å². The monoisotopic (exact) mass is 262 g/mol. The molecule has 19 heavy (non-hydrogen) atoms. The van der Waals surface area contributed by atoms with Gasteiger partial charge in [0.2, 0.25) is 0 Å². The van der Waals surface area contributed by atoms with Crippen molar-refractivity contribution in [2.75, 3.05) is 11.4 Å². The number of hydrogen-bond acceptors (Lipinski definition) is 3. The van der Waals surface area contributed by atoms with E-state index in [0.717, 1.165) is 12.5 Å². The Balaban J connectivity index is 2.52. The van der Waals surface area contributed by atoms with Crippen molar-refractivity contribution in [3.8, 4) is 6.07 Å². The van der Waals surface area contributed by atoms with E-state index in [1.54, 1.807) is 4.90 Å². The average molecular weight is 262 g/mol. The lowest BCUT2D eigenvalue weighted by atomic mass is 9.92. The highest BCUT2D eigenvalue weighted by Crippen LogP contribution is 2.38. The Labute approximate surface area is 111 Å². The molecule has 1 fully saturated rings. The van der Waals surface area contributed by atoms with E-state index in [-0.39, 0.29) is 5.56 Å². The third-order valence-electron chi connectivity index (χ3n) is 3.84. The van der Waals surface area contributed by atoms with Crippen LogP contribution in [0.4, 0.5) is 10.1 Å². The second kappa shape index (κ2) is 4.88. The number of benzene rings is 1. The third-order valence-corrected chi connectivity index (χ3v) is 3.84. The first-order valence-corrected chi connectivity index (χ1v) is 6.26. The lowest BCUT2D eigenvalue weighted by Crippen LogP contribution is -2.50. The predicted octanol–water partition coefficient (Wildman–Crippen LogP) is 2.53. The van der Waals surface area contributed by atoms with Gasteiger partial charge >= 0.3 is 5.97 Å². The van der Waals surface area contributed by atoms with Crippen LogP contribution in [0.2, 0.25) is 0 Å². The Morgan fingerprint density at radius 1 is 1.63 bits per heavy atom. The first-order valence-electron chi connectivity index (χ1n) is 6.26. The fraction of sp³-hybridized carbons (Fsp3) is 0.429. The number of halogens is 1. The molecular formula is C14H15FN2O2. The van der Waals surface area contributed by atoms with Crippen LogP contribution in [0.5, 0.6) is 0 Å². The molecule has 0 aromatic heterocycles. The number of hydrogen-bond donors (Lipinski definition) is 1. The van der Waals surface area contributed by atoms with Gasteiger partial charge in [-0.1, -0.05) is 6.92 Å². The van der Waals surface area contributed by atoms with Gasteiger partial charge in [-0.15, -0.1) is 0 Å². The van der Waals surface area contributed by atoms with E-state index in [1.165, 1.54) is 12.1 Å². The minimum Gasteiger partial charge on any atom is -0.479 e. The van der Waals surface area contributed by atoms with Crippen LogP contribution in [0.1, 0.15) is 31.7 Å². The summed E-state index contributed by atoms with van der Waals surface area (Å²) in [6.45, 7) is 2.39. The van der Waals surface area contributed by atoms with Gasteiger partial charge < -0.3 is 10.0 Å². The molecule has 1 aliphatic rings. The van der Waals surface area contributed by atoms with Crippen LogP contribution < -0.4 is 4.90 Å². The van der Waals surface area contributed by atoms with Crippen molar-refractivity contribution < 1.29 is 14.3 Å². The molecule has 1 aromatic carbocycles. The van der Waals surface area contributed by atoms with Crippen molar-refractivity contribution in [2.45, 2.75) is 31.7 Å². The van der Waals surface area contributed by atoms with Crippen LogP contribution in [0.25, 0.3) is 0 Å². The van der Waals surface area contributed by atoms with Gasteiger partial charge in [0.05, 0.1) is 11.3 Å². The van der Waals surface area contributed by atoms with Gasteiger partial charge in [0.15, 0.2) is 0 Å². The molecule has 1 N–H and O–H groups in total. The van der Waals surface area contributed by atoms with Crippen LogP contribution in [0.15, 0.2) is 18.2 Å². The summed E-state index contributed by atoms with van der Waals surface area (Å²) < 4.78 is 13.2. The number of carboxylic acids is 1. The molecule has 1 saturated heterocycles. The summed E-state index contributed by atoms with van der Waals surface area (Å²) in [5.74, 6) is -1.38. The highest BCUT2D eigenvalue weighted by molar-refractivity contribution is 5.85. The predicted molar refractivity (Wildman–Crippen MR) is 68.4 cm³/mol. The standard InChI is InChI=1S/C14H15FN2O2/c1-2-14(13(18)19)6-3-7-17(14)12-5-4-11(15)8-10(12)9-16/h4-5,8H,2-3,6-7H2,1H3,(H,18,19). The molecule has 1 unspecified atom stereocenters. The summed E-state index contributed by atoms with van der Waals surface area (Å²) >= 11 is 0. The minimum absolute atomic E-state index is 0.181. The second-order valence-corrected chi connectivity index (χ2v) is 4.72. The highest BCUT2D eigenvalue weighted by atomic mass is 19.1. The maximum absolute atomic E-state index is 13.2. The lowest BCUT2D eigenvalue weighted by Gasteiger charge is -2.36. The summed E-state index contributed by atoms with van der Waals surface area (Å²) in [5, 5.41) is 18.6. The fourth-order valence-electron chi connectivity index (χ4n) is 2.80. The Bertz CT molecular complexity index is 553. The molecular weight excluding hydrogens is 247 g/mol. The molecule has 0 saturated carbocycles. The SMILES string of the molecule is CCC1(C(=O)O)CCCN1c1ccc(F)cc1C#N. The fourth-order valence-corrected chi connectivity index (χ4v) is 2.80. The van der Waals surface area contributed by atoms with Crippen molar-refractivity contribution in [1.82, 2.24) is 0 Å². The van der Waals surface area contributed by atoms with E-state index >= 15 is 0 Å². The quantitative estimate of drug-likeness (QED) is 0.909. The van der Waals surface area contributed by atoms with E-state index in [0.29, 0.717) is 25.1 Å². The molecule has 100 valence electrons. The first-order chi connectivity index (χ1) is 9.05. The number of carbonyl (C=O) groups is 1. The smallest absolute Gasteiger partial charge is 0.329 e. The molecule has 0 radical (unpaired) electrons. The normalized spacial score (nSPS) is 22.3. The first kappa shape index (κ1) is 13.3. The maximum Gasteiger partial charge on any atom is 0.329 e. The van der Waals surface area contributed by atoms with Gasteiger partial charge in [-0.3, -0.25) is 0 Å². The zero-order valence-electron chi connectivity index (χ0n) is 10.7. The Kier molecular flexibility index (Phi) is 3.43. The number of nitrogens with zero attached hydrogens (tertiary/aromatic N) is 2. The molecule has 0 aliphatic carbocycles. The Morgan fingerprint density at radius 2 is 2.37 bits per heavy atom. The van der Waals surface area contributed by atoms with E-state index in [9.17, 15) is 14.3 Å². The molecule has 2 rings (SSSR count). The average Bonchev–Trinajstić information content (AvgIpc) is 2.83. The number of anilines is 1. The van der Waals surface area contributed by atoms with E-state index in [4.69, 9.17) is 5.26 Å². The summed E-state index contributed by atoms with van der Waals surface area (Å²) in [7, 11) is 0.